The first-order valence-corrected chi connectivity index (χ1v) is 8.76. The molecule has 0 aliphatic rings. The summed E-state index contributed by atoms with van der Waals surface area (Å²) in [6.45, 7) is 1.69. The number of aromatic nitrogens is 5. The molecule has 2 aromatic heterocycles. The van der Waals surface area contributed by atoms with Gasteiger partial charge in [-0.25, -0.2) is 22.6 Å². The summed E-state index contributed by atoms with van der Waals surface area (Å²) in [6, 6.07) is 5.44. The molecular formula is C14H14FN5O3S. The summed E-state index contributed by atoms with van der Waals surface area (Å²) in [6.07, 6.45) is 0.992. The Morgan fingerprint density at radius 3 is 2.38 bits per heavy atom. The first kappa shape index (κ1) is 16.1. The maximum Gasteiger partial charge on any atom is 0.282 e. The molecule has 0 bridgehead atoms. The van der Waals surface area contributed by atoms with Crippen LogP contribution in [0.4, 0.5) is 4.39 Å². The summed E-state index contributed by atoms with van der Waals surface area (Å²) >= 11 is 0. The average molecular weight is 351 g/mol. The maximum absolute atomic E-state index is 13.1. The molecule has 0 radical (unpaired) electrons. The van der Waals surface area contributed by atoms with Gasteiger partial charge in [0.2, 0.25) is 15.0 Å². The van der Waals surface area contributed by atoms with Crippen molar-refractivity contribution < 1.29 is 12.8 Å². The number of nitrogens with one attached hydrogen (secondary N) is 1. The molecule has 0 aliphatic carbocycles. The molecular weight excluding hydrogens is 337 g/mol. The number of aromatic amines is 1. The van der Waals surface area contributed by atoms with Gasteiger partial charge in [-0.15, -0.1) is 0 Å². The van der Waals surface area contributed by atoms with Gasteiger partial charge < -0.3 is 0 Å². The molecule has 126 valence electrons. The molecule has 3 aromatic rings. The van der Waals surface area contributed by atoms with Crippen LogP contribution in [0.5, 0.6) is 0 Å². The van der Waals surface area contributed by atoms with Crippen molar-refractivity contribution in [2.24, 2.45) is 7.05 Å². The van der Waals surface area contributed by atoms with Gasteiger partial charge in [-0.3, -0.25) is 9.48 Å². The Labute approximate surface area is 136 Å². The van der Waals surface area contributed by atoms with E-state index in [1.807, 2.05) is 0 Å². The average Bonchev–Trinajstić information content (AvgIpc) is 3.06. The van der Waals surface area contributed by atoms with Gasteiger partial charge in [0.25, 0.3) is 5.56 Å². The monoisotopic (exact) mass is 351 g/mol. The zero-order chi connectivity index (χ0) is 17.6. The van der Waals surface area contributed by atoms with E-state index >= 15 is 0 Å². The van der Waals surface area contributed by atoms with Crippen molar-refractivity contribution in [3.63, 3.8) is 0 Å². The molecule has 1 aromatic carbocycles. The molecule has 0 aliphatic heterocycles. The zero-order valence-corrected chi connectivity index (χ0v) is 13.9. The molecule has 2 heterocycles. The number of sulfone groups is 1. The van der Waals surface area contributed by atoms with Crippen LogP contribution in [0.2, 0.25) is 0 Å². The van der Waals surface area contributed by atoms with E-state index in [1.54, 1.807) is 18.7 Å². The highest BCUT2D eigenvalue weighted by Crippen LogP contribution is 2.19. The summed E-state index contributed by atoms with van der Waals surface area (Å²) in [5.41, 5.74) is 0.758. The molecule has 0 spiro atoms. The Bertz CT molecular complexity index is 1080. The molecule has 0 saturated heterocycles. The van der Waals surface area contributed by atoms with Crippen molar-refractivity contribution in [3.8, 4) is 17.1 Å². The van der Waals surface area contributed by atoms with E-state index in [9.17, 15) is 17.6 Å². The molecule has 8 nitrogen and oxygen atoms in total. The molecule has 3 rings (SSSR count). The standard InChI is InChI=1S/C14H14FN5O3S/c1-8-11(12-16-14(18-17-12)24(3,22)23)13(21)20(19(8)2)10-6-4-9(15)5-7-10/h4-7H,1-3H3,(H,16,17,18). The number of hydrogen-bond donors (Lipinski definition) is 1. The fourth-order valence-corrected chi connectivity index (χ4v) is 2.83. The zero-order valence-electron chi connectivity index (χ0n) is 13.1. The van der Waals surface area contributed by atoms with Crippen molar-refractivity contribution in [1.29, 1.82) is 0 Å². The number of nitrogens with zero attached hydrogens (tertiary/aromatic N) is 4. The molecule has 10 heteroatoms. The minimum absolute atomic E-state index is 0.00520. The van der Waals surface area contributed by atoms with Gasteiger partial charge in [0, 0.05) is 19.0 Å². The van der Waals surface area contributed by atoms with Gasteiger partial charge in [-0.05, 0) is 31.2 Å². The van der Waals surface area contributed by atoms with Crippen molar-refractivity contribution in [1.82, 2.24) is 24.5 Å². The topological polar surface area (TPSA) is 103 Å². The van der Waals surface area contributed by atoms with Crippen molar-refractivity contribution in [2.75, 3.05) is 6.26 Å². The van der Waals surface area contributed by atoms with Crippen LogP contribution in [0.25, 0.3) is 17.1 Å². The summed E-state index contributed by atoms with van der Waals surface area (Å²) in [5, 5.41) is 5.84. The molecule has 0 amide bonds. The van der Waals surface area contributed by atoms with E-state index in [0.717, 1.165) is 6.26 Å². The third kappa shape index (κ3) is 2.54. The van der Waals surface area contributed by atoms with Crippen LogP contribution in [0.1, 0.15) is 5.69 Å². The van der Waals surface area contributed by atoms with Crippen LogP contribution < -0.4 is 5.56 Å². The Kier molecular flexibility index (Phi) is 3.63. The minimum atomic E-state index is -3.56. The van der Waals surface area contributed by atoms with Gasteiger partial charge in [-0.2, -0.15) is 10.1 Å². The molecule has 1 N–H and O–H groups in total. The predicted molar refractivity (Wildman–Crippen MR) is 84.2 cm³/mol. The summed E-state index contributed by atoms with van der Waals surface area (Å²) in [4.78, 5) is 16.7. The molecule has 0 unspecified atom stereocenters. The van der Waals surface area contributed by atoms with Crippen LogP contribution in [0.15, 0.2) is 34.2 Å². The highest BCUT2D eigenvalue weighted by Gasteiger charge is 2.23. The molecule has 0 fully saturated rings. The highest BCUT2D eigenvalue weighted by atomic mass is 32.2. The number of hydrogen-bond acceptors (Lipinski definition) is 5. The quantitative estimate of drug-likeness (QED) is 0.752. The van der Waals surface area contributed by atoms with E-state index in [-0.39, 0.29) is 16.5 Å². The lowest BCUT2D eigenvalue weighted by Crippen LogP contribution is -2.20. The fraction of sp³-hybridized carbons (Fsp3) is 0.214. The molecule has 24 heavy (non-hydrogen) atoms. The summed E-state index contributed by atoms with van der Waals surface area (Å²) in [7, 11) is -1.90. The van der Waals surface area contributed by atoms with Crippen LogP contribution >= 0.6 is 0 Å². The number of rotatable bonds is 3. The van der Waals surface area contributed by atoms with Crippen LogP contribution in [-0.4, -0.2) is 39.2 Å². The van der Waals surface area contributed by atoms with Crippen LogP contribution in [0.3, 0.4) is 0 Å². The second-order valence-electron chi connectivity index (χ2n) is 5.31. The van der Waals surface area contributed by atoms with E-state index in [2.05, 4.69) is 15.2 Å². The smallest absolute Gasteiger partial charge is 0.282 e. The maximum atomic E-state index is 13.1. The Morgan fingerprint density at radius 1 is 1.21 bits per heavy atom. The largest absolute Gasteiger partial charge is 0.285 e. The fourth-order valence-electron chi connectivity index (χ4n) is 2.36. The Hall–Kier alpha value is -2.75. The van der Waals surface area contributed by atoms with Gasteiger partial charge in [0.05, 0.1) is 5.69 Å². The lowest BCUT2D eigenvalue weighted by atomic mass is 10.2. The van der Waals surface area contributed by atoms with E-state index in [0.29, 0.717) is 11.4 Å². The third-order valence-electron chi connectivity index (χ3n) is 3.66. The first-order chi connectivity index (χ1) is 11.2. The minimum Gasteiger partial charge on any atom is -0.285 e. The number of halogens is 1. The molecule has 0 atom stereocenters. The van der Waals surface area contributed by atoms with Gasteiger partial charge in [0.1, 0.15) is 11.4 Å². The summed E-state index contributed by atoms with van der Waals surface area (Å²) in [5.74, 6) is -0.417. The van der Waals surface area contributed by atoms with Gasteiger partial charge in [0.15, 0.2) is 5.82 Å². The van der Waals surface area contributed by atoms with Crippen molar-refractivity contribution >= 4 is 9.84 Å². The Morgan fingerprint density at radius 2 is 1.83 bits per heavy atom. The van der Waals surface area contributed by atoms with Crippen LogP contribution in [-0.2, 0) is 16.9 Å². The second kappa shape index (κ2) is 5.41. The number of benzene rings is 1. The Balaban J connectivity index is 2.21. The summed E-state index contributed by atoms with van der Waals surface area (Å²) < 4.78 is 39.0. The predicted octanol–water partition coefficient (Wildman–Crippen LogP) is 0.812. The van der Waals surface area contributed by atoms with Gasteiger partial charge >= 0.3 is 0 Å². The highest BCUT2D eigenvalue weighted by molar-refractivity contribution is 7.90. The van der Waals surface area contributed by atoms with Gasteiger partial charge in [-0.1, -0.05) is 0 Å². The lowest BCUT2D eigenvalue weighted by Gasteiger charge is -2.07. The van der Waals surface area contributed by atoms with Crippen LogP contribution in [0, 0.1) is 12.7 Å². The SMILES string of the molecule is Cc1c(-c2n[nH]c(S(C)(=O)=O)n2)c(=O)n(-c2ccc(F)cc2)n1C. The van der Waals surface area contributed by atoms with Crippen molar-refractivity contribution in [2.45, 2.75) is 12.1 Å². The van der Waals surface area contributed by atoms with E-state index < -0.39 is 21.2 Å². The third-order valence-corrected chi connectivity index (χ3v) is 4.55. The number of H-pyrrole nitrogens is 1. The lowest BCUT2D eigenvalue weighted by molar-refractivity contribution is 0.594. The van der Waals surface area contributed by atoms with E-state index in [1.165, 1.54) is 28.9 Å². The first-order valence-electron chi connectivity index (χ1n) is 6.87. The normalized spacial score (nSPS) is 11.8. The second-order valence-corrected chi connectivity index (χ2v) is 7.24. The molecule has 0 saturated carbocycles. The van der Waals surface area contributed by atoms with E-state index in [4.69, 9.17) is 0 Å². The van der Waals surface area contributed by atoms with Crippen molar-refractivity contribution in [3.05, 3.63) is 46.1 Å².